The molecule has 4 nitrogen and oxygen atoms in total. The zero-order valence-corrected chi connectivity index (χ0v) is 13.9. The highest BCUT2D eigenvalue weighted by molar-refractivity contribution is 5.82. The first-order valence-electron chi connectivity index (χ1n) is 8.94. The fraction of sp³-hybridized carbons (Fsp3) is 0.941. The molecule has 0 aliphatic carbocycles. The van der Waals surface area contributed by atoms with Gasteiger partial charge in [-0.25, -0.2) is 0 Å². The number of hydroxylamine groups is 2. The summed E-state index contributed by atoms with van der Waals surface area (Å²) >= 11 is 0. The average molecular weight is 298 g/mol. The van der Waals surface area contributed by atoms with E-state index in [1.807, 2.05) is 0 Å². The van der Waals surface area contributed by atoms with Crippen LogP contribution in [0.1, 0.15) is 84.5 Å². The summed E-state index contributed by atoms with van der Waals surface area (Å²) in [6.45, 7) is 5.05. The highest BCUT2D eigenvalue weighted by Crippen LogP contribution is 2.17. The van der Waals surface area contributed by atoms with Crippen LogP contribution in [0.2, 0.25) is 0 Å². The summed E-state index contributed by atoms with van der Waals surface area (Å²) in [5.41, 5.74) is 0. The third-order valence-corrected chi connectivity index (χ3v) is 4.45. The van der Waals surface area contributed by atoms with Crippen LogP contribution in [0.5, 0.6) is 0 Å². The number of carbonyl (C=O) groups is 1. The molecule has 0 aromatic carbocycles. The van der Waals surface area contributed by atoms with Gasteiger partial charge in [-0.05, 0) is 19.3 Å². The lowest BCUT2D eigenvalue weighted by Crippen LogP contribution is -2.56. The molecule has 21 heavy (non-hydrogen) atoms. The first-order chi connectivity index (χ1) is 10.2. The van der Waals surface area contributed by atoms with E-state index >= 15 is 0 Å². The van der Waals surface area contributed by atoms with Crippen molar-refractivity contribution in [3.8, 4) is 0 Å². The molecule has 4 heteroatoms. The summed E-state index contributed by atoms with van der Waals surface area (Å²) in [4.78, 5) is 12.1. The highest BCUT2D eigenvalue weighted by Gasteiger charge is 2.33. The molecule has 0 aromatic heterocycles. The summed E-state index contributed by atoms with van der Waals surface area (Å²) in [6.07, 6.45) is 12.9. The number of hydrogen-bond acceptors (Lipinski definition) is 3. The average Bonchev–Trinajstić information content (AvgIpc) is 2.45. The number of nitrogens with zero attached hydrogens (tertiary/aromatic N) is 1. The third kappa shape index (κ3) is 7.28. The van der Waals surface area contributed by atoms with E-state index in [1.54, 1.807) is 0 Å². The van der Waals surface area contributed by atoms with Crippen LogP contribution in [0.4, 0.5) is 0 Å². The van der Waals surface area contributed by atoms with E-state index < -0.39 is 0 Å². The van der Waals surface area contributed by atoms with Gasteiger partial charge in [0.15, 0.2) is 0 Å². The largest absolute Gasteiger partial charge is 0.352 e. The van der Waals surface area contributed by atoms with E-state index in [0.29, 0.717) is 12.6 Å². The lowest BCUT2D eigenvalue weighted by atomic mass is 9.99. The van der Waals surface area contributed by atoms with E-state index in [0.717, 1.165) is 24.3 Å². The molecular formula is C17H34N2O2. The Morgan fingerprint density at radius 2 is 1.67 bits per heavy atom. The predicted molar refractivity (Wildman–Crippen MR) is 86.3 cm³/mol. The fourth-order valence-electron chi connectivity index (χ4n) is 2.86. The molecule has 2 atom stereocenters. The zero-order valence-electron chi connectivity index (χ0n) is 13.9. The Labute approximate surface area is 130 Å². The molecule has 1 saturated heterocycles. The molecule has 2 N–H and O–H groups in total. The highest BCUT2D eigenvalue weighted by atomic mass is 16.5. The van der Waals surface area contributed by atoms with Gasteiger partial charge in [0, 0.05) is 12.6 Å². The third-order valence-electron chi connectivity index (χ3n) is 4.45. The Balaban J connectivity index is 2.27. The molecular weight excluding hydrogens is 264 g/mol. The second-order valence-electron chi connectivity index (χ2n) is 6.37. The Kier molecular flexibility index (Phi) is 9.68. The molecule has 1 rings (SSSR count). The topological polar surface area (TPSA) is 52.6 Å². The van der Waals surface area contributed by atoms with Crippen LogP contribution in [0.3, 0.4) is 0 Å². The van der Waals surface area contributed by atoms with E-state index in [2.05, 4.69) is 19.2 Å². The molecule has 2 unspecified atom stereocenters. The molecule has 0 saturated carbocycles. The first kappa shape index (κ1) is 18.4. The fourth-order valence-corrected chi connectivity index (χ4v) is 2.86. The Bertz CT molecular complexity index is 284. The van der Waals surface area contributed by atoms with Crippen LogP contribution < -0.4 is 5.32 Å². The van der Waals surface area contributed by atoms with Gasteiger partial charge in [0.2, 0.25) is 5.91 Å². The second kappa shape index (κ2) is 11.0. The molecule has 1 heterocycles. The summed E-state index contributed by atoms with van der Waals surface area (Å²) in [5, 5.41) is 13.8. The Hall–Kier alpha value is -0.610. The van der Waals surface area contributed by atoms with Crippen LogP contribution in [0, 0.1) is 0 Å². The molecule has 0 aromatic rings. The number of nitrogens with one attached hydrogen (secondary N) is 1. The smallest absolute Gasteiger partial charge is 0.240 e. The van der Waals surface area contributed by atoms with Gasteiger partial charge in [0.1, 0.15) is 6.04 Å². The van der Waals surface area contributed by atoms with Crippen molar-refractivity contribution in [1.82, 2.24) is 10.4 Å². The lowest BCUT2D eigenvalue weighted by Gasteiger charge is -2.35. The Morgan fingerprint density at radius 3 is 2.19 bits per heavy atom. The van der Waals surface area contributed by atoms with Gasteiger partial charge < -0.3 is 10.5 Å². The van der Waals surface area contributed by atoms with Crippen LogP contribution in [-0.2, 0) is 4.79 Å². The standard InChI is InChI=1S/C17H34N2O2/c1-3-5-7-8-10-12-15(11-9-6-4-2)18-17(20)16-13-14-19(16)21/h15-16,21H,3-14H2,1-2H3,(H,18,20). The SMILES string of the molecule is CCCCCCCC(CCCCC)NC(=O)C1CCN1O. The molecule has 1 aliphatic heterocycles. The molecule has 0 bridgehead atoms. The van der Waals surface area contributed by atoms with Crippen molar-refractivity contribution >= 4 is 5.91 Å². The molecule has 0 spiro atoms. The minimum absolute atomic E-state index is 0.0128. The second-order valence-corrected chi connectivity index (χ2v) is 6.37. The monoisotopic (exact) mass is 298 g/mol. The van der Waals surface area contributed by atoms with Gasteiger partial charge in [-0.15, -0.1) is 0 Å². The van der Waals surface area contributed by atoms with Gasteiger partial charge in [0.05, 0.1) is 0 Å². The number of hydrogen-bond donors (Lipinski definition) is 2. The van der Waals surface area contributed by atoms with Crippen LogP contribution in [-0.4, -0.2) is 34.8 Å². The molecule has 1 amide bonds. The lowest BCUT2D eigenvalue weighted by molar-refractivity contribution is -0.189. The van der Waals surface area contributed by atoms with Crippen molar-refractivity contribution in [3.63, 3.8) is 0 Å². The van der Waals surface area contributed by atoms with E-state index in [1.165, 1.54) is 51.4 Å². The minimum Gasteiger partial charge on any atom is -0.352 e. The number of amides is 1. The molecule has 1 fully saturated rings. The zero-order chi connectivity index (χ0) is 15.5. The van der Waals surface area contributed by atoms with Gasteiger partial charge in [-0.3, -0.25) is 4.79 Å². The quantitative estimate of drug-likeness (QED) is 0.538. The van der Waals surface area contributed by atoms with Crippen molar-refractivity contribution < 1.29 is 10.0 Å². The number of carbonyl (C=O) groups excluding carboxylic acids is 1. The molecule has 124 valence electrons. The number of rotatable bonds is 12. The minimum atomic E-state index is -0.307. The van der Waals surface area contributed by atoms with Gasteiger partial charge in [-0.2, -0.15) is 5.06 Å². The summed E-state index contributed by atoms with van der Waals surface area (Å²) in [6, 6.07) is -0.0153. The van der Waals surface area contributed by atoms with E-state index in [-0.39, 0.29) is 11.9 Å². The van der Waals surface area contributed by atoms with Crippen molar-refractivity contribution in [3.05, 3.63) is 0 Å². The molecule has 0 radical (unpaired) electrons. The van der Waals surface area contributed by atoms with Gasteiger partial charge in [0.25, 0.3) is 0 Å². The summed E-state index contributed by atoms with van der Waals surface area (Å²) in [5.74, 6) is 0.0128. The van der Waals surface area contributed by atoms with Crippen molar-refractivity contribution in [1.29, 1.82) is 0 Å². The van der Waals surface area contributed by atoms with Gasteiger partial charge in [-0.1, -0.05) is 65.2 Å². The number of unbranched alkanes of at least 4 members (excludes halogenated alkanes) is 6. The normalized spacial score (nSPS) is 20.0. The van der Waals surface area contributed by atoms with Crippen molar-refractivity contribution in [2.24, 2.45) is 0 Å². The maximum absolute atomic E-state index is 12.1. The van der Waals surface area contributed by atoms with Crippen LogP contribution in [0.15, 0.2) is 0 Å². The van der Waals surface area contributed by atoms with Crippen LogP contribution in [0.25, 0.3) is 0 Å². The van der Waals surface area contributed by atoms with E-state index in [4.69, 9.17) is 0 Å². The van der Waals surface area contributed by atoms with Gasteiger partial charge >= 0.3 is 0 Å². The van der Waals surface area contributed by atoms with E-state index in [9.17, 15) is 10.0 Å². The predicted octanol–water partition coefficient (Wildman–Crippen LogP) is 3.88. The van der Waals surface area contributed by atoms with Crippen molar-refractivity contribution in [2.75, 3.05) is 6.54 Å². The van der Waals surface area contributed by atoms with Crippen LogP contribution >= 0.6 is 0 Å². The van der Waals surface area contributed by atoms with Crippen molar-refractivity contribution in [2.45, 2.75) is 96.6 Å². The Morgan fingerprint density at radius 1 is 1.10 bits per heavy atom. The first-order valence-corrected chi connectivity index (χ1v) is 8.94. The summed E-state index contributed by atoms with van der Waals surface area (Å²) in [7, 11) is 0. The maximum atomic E-state index is 12.1. The molecule has 1 aliphatic rings. The maximum Gasteiger partial charge on any atom is 0.240 e. The summed E-state index contributed by atoms with van der Waals surface area (Å²) < 4.78 is 0.